The van der Waals surface area contributed by atoms with Crippen LogP contribution < -0.4 is 24.8 Å². The number of halogens is 2. The molecule has 3 heteroatoms. The topological polar surface area (TPSA) is 0 Å². The predicted octanol–water partition coefficient (Wildman–Crippen LogP) is 4.31. The number of allylic oxidation sites excluding steroid dienone is 4. The van der Waals surface area contributed by atoms with Crippen molar-refractivity contribution >= 4 is 0 Å². The van der Waals surface area contributed by atoms with Gasteiger partial charge in [0.2, 0.25) is 0 Å². The van der Waals surface area contributed by atoms with Gasteiger partial charge in [-0.25, -0.2) is 0 Å². The Kier molecular flexibility index (Phi) is 9.78. The normalized spacial score (nSPS) is 17.5. The van der Waals surface area contributed by atoms with Gasteiger partial charge in [-0.2, -0.15) is 0 Å². The maximum Gasteiger partial charge on any atom is -1.00 e. The Morgan fingerprint density at radius 2 is 1.11 bits per heavy atom. The minimum Gasteiger partial charge on any atom is -1.00 e. The van der Waals surface area contributed by atoms with Crippen molar-refractivity contribution in [3.8, 4) is 11.1 Å². The summed E-state index contributed by atoms with van der Waals surface area (Å²) in [5, 5.41) is 0. The largest absolute Gasteiger partial charge is 1.00 e. The van der Waals surface area contributed by atoms with E-state index in [4.69, 9.17) is 0 Å². The Balaban J connectivity index is 0.00000241. The molecule has 0 aliphatic heterocycles. The van der Waals surface area contributed by atoms with Crippen molar-refractivity contribution in [3.05, 3.63) is 79.7 Å². The minimum absolute atomic E-state index is 0. The Hall–Kier alpha value is -0.617. The Morgan fingerprint density at radius 3 is 1.43 bits per heavy atom. The first-order valence-electron chi connectivity index (χ1n) is 13.6. The van der Waals surface area contributed by atoms with E-state index < -0.39 is 21.8 Å². The quantitative estimate of drug-likeness (QED) is 0.482. The molecule has 0 radical (unpaired) electrons. The Bertz CT molecular complexity index is 1130. The summed E-state index contributed by atoms with van der Waals surface area (Å²) in [5.41, 5.74) is 11.2. The number of rotatable bonds is 3. The van der Waals surface area contributed by atoms with Gasteiger partial charge in [-0.05, 0) is 0 Å². The maximum absolute atomic E-state index is 2.64. The zero-order valence-electron chi connectivity index (χ0n) is 25.1. The van der Waals surface area contributed by atoms with Crippen molar-refractivity contribution < 1.29 is 46.6 Å². The molecule has 0 saturated heterocycles. The molecular formula is C34H47Cl2Zr. The van der Waals surface area contributed by atoms with Gasteiger partial charge in [0.05, 0.1) is 0 Å². The van der Waals surface area contributed by atoms with Crippen LogP contribution in [0.25, 0.3) is 11.1 Å². The summed E-state index contributed by atoms with van der Waals surface area (Å²) in [6.45, 7) is 28.6. The number of hydrogen-bond acceptors (Lipinski definition) is 0. The minimum atomic E-state index is -2.13. The molecule has 2 aromatic carbocycles. The molecule has 0 nitrogen and oxygen atoms in total. The van der Waals surface area contributed by atoms with Gasteiger partial charge >= 0.3 is 225 Å². The molecule has 0 amide bonds. The van der Waals surface area contributed by atoms with Crippen LogP contribution in [0.4, 0.5) is 0 Å². The molecule has 2 aliphatic rings. The Morgan fingerprint density at radius 1 is 0.676 bits per heavy atom. The van der Waals surface area contributed by atoms with E-state index in [0.29, 0.717) is 9.54 Å². The fourth-order valence-corrected chi connectivity index (χ4v) is 15.1. The van der Waals surface area contributed by atoms with Crippen LogP contribution in [0.1, 0.15) is 109 Å². The van der Waals surface area contributed by atoms with Gasteiger partial charge < -0.3 is 24.8 Å². The van der Waals surface area contributed by atoms with Crippen LogP contribution in [-0.2, 0) is 32.6 Å². The van der Waals surface area contributed by atoms with Gasteiger partial charge in [-0.15, -0.1) is 0 Å². The number of hydrogen-bond donors (Lipinski definition) is 0. The monoisotopic (exact) mass is 615 g/mol. The van der Waals surface area contributed by atoms with E-state index in [-0.39, 0.29) is 41.1 Å². The second-order valence-corrected chi connectivity index (χ2v) is 22.3. The molecule has 2 aromatic rings. The van der Waals surface area contributed by atoms with E-state index in [1.807, 2.05) is 3.28 Å². The summed E-state index contributed by atoms with van der Waals surface area (Å²) in [5.74, 6) is 0.580. The van der Waals surface area contributed by atoms with Crippen molar-refractivity contribution in [1.29, 1.82) is 0 Å². The zero-order valence-corrected chi connectivity index (χ0v) is 29.1. The second kappa shape index (κ2) is 11.1. The molecule has 0 saturated carbocycles. The van der Waals surface area contributed by atoms with Crippen LogP contribution in [0.15, 0.2) is 57.4 Å². The smallest absolute Gasteiger partial charge is 1.00 e. The third-order valence-corrected chi connectivity index (χ3v) is 17.3. The molecule has 0 heterocycles. The first-order valence-corrected chi connectivity index (χ1v) is 17.7. The summed E-state index contributed by atoms with van der Waals surface area (Å²) >= 11 is -2.13. The molecule has 0 fully saturated rings. The fraction of sp³-hybridized carbons (Fsp3) is 0.529. The first kappa shape index (κ1) is 32.6. The van der Waals surface area contributed by atoms with E-state index in [1.165, 1.54) is 22.3 Å². The van der Waals surface area contributed by atoms with Crippen molar-refractivity contribution in [2.75, 3.05) is 0 Å². The van der Waals surface area contributed by atoms with Gasteiger partial charge in [0, 0.05) is 0 Å². The van der Waals surface area contributed by atoms with E-state index in [0.717, 1.165) is 3.63 Å². The fourth-order valence-electron chi connectivity index (χ4n) is 5.87. The molecule has 37 heavy (non-hydrogen) atoms. The molecule has 0 aromatic heterocycles. The van der Waals surface area contributed by atoms with Crippen molar-refractivity contribution in [2.45, 2.75) is 101 Å². The van der Waals surface area contributed by atoms with E-state index in [2.05, 4.69) is 132 Å². The summed E-state index contributed by atoms with van der Waals surface area (Å²) in [6, 6.07) is 14.9. The van der Waals surface area contributed by atoms with E-state index in [9.17, 15) is 0 Å². The van der Waals surface area contributed by atoms with E-state index in [1.54, 1.807) is 16.7 Å². The van der Waals surface area contributed by atoms with Gasteiger partial charge in [-0.1, -0.05) is 0 Å². The van der Waals surface area contributed by atoms with Crippen LogP contribution in [0.5, 0.6) is 0 Å². The zero-order chi connectivity index (χ0) is 26.1. The van der Waals surface area contributed by atoms with Crippen molar-refractivity contribution in [3.63, 3.8) is 0 Å². The predicted molar refractivity (Wildman–Crippen MR) is 151 cm³/mol. The molecule has 1 atom stereocenters. The summed E-state index contributed by atoms with van der Waals surface area (Å²) in [7, 11) is 0. The summed E-state index contributed by atoms with van der Waals surface area (Å²) in [4.78, 5) is 0. The van der Waals surface area contributed by atoms with Gasteiger partial charge in [0.1, 0.15) is 0 Å². The third kappa shape index (κ3) is 6.26. The van der Waals surface area contributed by atoms with Crippen LogP contribution in [0, 0.1) is 11.3 Å². The first-order chi connectivity index (χ1) is 16.0. The van der Waals surface area contributed by atoms with Gasteiger partial charge in [0.15, 0.2) is 0 Å². The third-order valence-electron chi connectivity index (χ3n) is 8.11. The number of benzene rings is 2. The molecule has 201 valence electrons. The van der Waals surface area contributed by atoms with Crippen LogP contribution >= 0.6 is 0 Å². The average molecular weight is 618 g/mol. The van der Waals surface area contributed by atoms with Gasteiger partial charge in [-0.3, -0.25) is 0 Å². The Labute approximate surface area is 248 Å². The second-order valence-electron chi connectivity index (χ2n) is 14.4. The van der Waals surface area contributed by atoms with Crippen LogP contribution in [-0.4, -0.2) is 0 Å². The maximum atomic E-state index is 2.64. The molecule has 0 spiro atoms. The van der Waals surface area contributed by atoms with Crippen molar-refractivity contribution in [1.82, 2.24) is 0 Å². The molecule has 0 bridgehead atoms. The molecule has 1 unspecified atom stereocenters. The van der Waals surface area contributed by atoms with E-state index >= 15 is 0 Å². The molecular weight excluding hydrogens is 571 g/mol. The van der Waals surface area contributed by atoms with Crippen LogP contribution in [0.3, 0.4) is 0 Å². The standard InChI is InChI=1S/C21H25.C10H15.C3H7.2ClH.Zr/c1-20(2,3)16-9-7-14-11-15-8-10-17(21(4,5)6)13-19(15)18(14)12-16;1-8-5-6-9(7-8)10(2,3)4;1-3-2;;;/h7-13H,1-6H3;6-8H,1-4H3;3H,1-2H3;2*1H;/q;;;;;+2/p-2. The molecule has 0 N–H and O–H groups in total. The molecule has 2 aliphatic carbocycles. The van der Waals surface area contributed by atoms with Crippen molar-refractivity contribution in [2.24, 2.45) is 11.3 Å². The van der Waals surface area contributed by atoms with Crippen LogP contribution in [0.2, 0.25) is 3.63 Å². The molecule has 4 rings (SSSR count). The number of fused-ring (bicyclic) bond motifs is 3. The SMILES string of the molecule is CC1C=C(C(C)(C)C)C=[C]1[Zr+2]([CH](C)C)[CH]1c2ccc(C(C)(C)C)cc2-c2cc(C(C)(C)C)ccc21.[Cl-].[Cl-]. The summed E-state index contributed by atoms with van der Waals surface area (Å²) < 4.78 is 3.18. The average Bonchev–Trinajstić information content (AvgIpc) is 3.25. The summed E-state index contributed by atoms with van der Waals surface area (Å²) in [6.07, 6.45) is 5.21. The van der Waals surface area contributed by atoms with Gasteiger partial charge in [0.25, 0.3) is 0 Å².